The smallest absolute Gasteiger partial charge is 0.254 e. The Hall–Kier alpha value is -2.70. The number of rotatable bonds is 6. The van der Waals surface area contributed by atoms with E-state index < -0.39 is 0 Å². The number of morpholine rings is 1. The van der Waals surface area contributed by atoms with Crippen molar-refractivity contribution in [1.29, 1.82) is 0 Å². The fourth-order valence-corrected chi connectivity index (χ4v) is 4.44. The molecule has 2 fully saturated rings. The van der Waals surface area contributed by atoms with Crippen molar-refractivity contribution in [2.75, 3.05) is 39.4 Å². The SMILES string of the molecule is Cc1ccccc1C(=O)N1CCC(C(=O)NCc2ccc(CN3CCOCC3)cc2)CC1. The number of amides is 2. The summed E-state index contributed by atoms with van der Waals surface area (Å²) in [6.07, 6.45) is 1.42. The number of nitrogens with zero attached hydrogens (tertiary/aromatic N) is 2. The van der Waals surface area contributed by atoms with Crippen molar-refractivity contribution in [2.45, 2.75) is 32.9 Å². The number of carbonyl (C=O) groups is 2. The zero-order chi connectivity index (χ0) is 22.3. The van der Waals surface area contributed by atoms with Gasteiger partial charge in [0.2, 0.25) is 5.91 Å². The molecule has 0 bridgehead atoms. The monoisotopic (exact) mass is 435 g/mol. The highest BCUT2D eigenvalue weighted by Gasteiger charge is 2.28. The lowest BCUT2D eigenvalue weighted by atomic mass is 9.95. The van der Waals surface area contributed by atoms with E-state index in [9.17, 15) is 9.59 Å². The molecule has 170 valence electrons. The zero-order valence-electron chi connectivity index (χ0n) is 18.9. The lowest BCUT2D eigenvalue weighted by Gasteiger charge is -2.31. The molecule has 2 saturated heterocycles. The van der Waals surface area contributed by atoms with Crippen LogP contribution in [0.2, 0.25) is 0 Å². The van der Waals surface area contributed by atoms with Gasteiger partial charge in [-0.2, -0.15) is 0 Å². The summed E-state index contributed by atoms with van der Waals surface area (Å²) in [5, 5.41) is 3.09. The Labute approximate surface area is 190 Å². The van der Waals surface area contributed by atoms with Gasteiger partial charge < -0.3 is 15.0 Å². The van der Waals surface area contributed by atoms with E-state index in [-0.39, 0.29) is 17.7 Å². The maximum Gasteiger partial charge on any atom is 0.254 e. The average Bonchev–Trinajstić information content (AvgIpc) is 2.84. The van der Waals surface area contributed by atoms with Gasteiger partial charge in [-0.3, -0.25) is 14.5 Å². The van der Waals surface area contributed by atoms with Gasteiger partial charge >= 0.3 is 0 Å². The summed E-state index contributed by atoms with van der Waals surface area (Å²) in [5.41, 5.74) is 4.14. The highest BCUT2D eigenvalue weighted by atomic mass is 16.5. The molecule has 2 aromatic rings. The first-order valence-electron chi connectivity index (χ1n) is 11.6. The van der Waals surface area contributed by atoms with Crippen LogP contribution in [0.5, 0.6) is 0 Å². The molecule has 2 amide bonds. The van der Waals surface area contributed by atoms with Crippen LogP contribution in [0.4, 0.5) is 0 Å². The highest BCUT2D eigenvalue weighted by molar-refractivity contribution is 5.95. The lowest BCUT2D eigenvalue weighted by molar-refractivity contribution is -0.126. The molecule has 32 heavy (non-hydrogen) atoms. The molecular weight excluding hydrogens is 402 g/mol. The Balaban J connectivity index is 1.21. The molecule has 0 aromatic heterocycles. The Morgan fingerprint density at radius 2 is 1.59 bits per heavy atom. The van der Waals surface area contributed by atoms with Crippen LogP contribution in [0.3, 0.4) is 0 Å². The molecule has 1 N–H and O–H groups in total. The van der Waals surface area contributed by atoms with Crippen molar-refractivity contribution in [3.8, 4) is 0 Å². The van der Waals surface area contributed by atoms with Crippen molar-refractivity contribution in [3.05, 3.63) is 70.8 Å². The second-order valence-electron chi connectivity index (χ2n) is 8.80. The third-order valence-corrected chi connectivity index (χ3v) is 6.53. The second-order valence-corrected chi connectivity index (χ2v) is 8.80. The molecule has 0 unspecified atom stereocenters. The standard InChI is InChI=1S/C26H33N3O3/c1-20-4-2-3-5-24(20)26(31)29-12-10-23(11-13-29)25(30)27-18-21-6-8-22(9-7-21)19-28-14-16-32-17-15-28/h2-9,23H,10-19H2,1H3,(H,27,30). The summed E-state index contributed by atoms with van der Waals surface area (Å²) in [6.45, 7) is 8.27. The molecule has 0 saturated carbocycles. The number of hydrogen-bond donors (Lipinski definition) is 1. The quantitative estimate of drug-likeness (QED) is 0.758. The molecule has 6 heteroatoms. The second kappa shape index (κ2) is 10.7. The predicted molar refractivity (Wildman–Crippen MR) is 124 cm³/mol. The molecule has 0 radical (unpaired) electrons. The fraction of sp³-hybridized carbons (Fsp3) is 0.462. The van der Waals surface area contributed by atoms with E-state index in [2.05, 4.69) is 34.5 Å². The van der Waals surface area contributed by atoms with Gasteiger partial charge in [-0.15, -0.1) is 0 Å². The molecular formula is C26H33N3O3. The van der Waals surface area contributed by atoms with E-state index in [1.807, 2.05) is 36.1 Å². The van der Waals surface area contributed by atoms with Gasteiger partial charge in [0.1, 0.15) is 0 Å². The third-order valence-electron chi connectivity index (χ3n) is 6.53. The topological polar surface area (TPSA) is 61.9 Å². The van der Waals surface area contributed by atoms with Crippen molar-refractivity contribution in [3.63, 3.8) is 0 Å². The van der Waals surface area contributed by atoms with Crippen LogP contribution >= 0.6 is 0 Å². The van der Waals surface area contributed by atoms with Gasteiger partial charge in [0.15, 0.2) is 0 Å². The Morgan fingerprint density at radius 1 is 0.938 bits per heavy atom. The van der Waals surface area contributed by atoms with Crippen LogP contribution in [-0.2, 0) is 22.6 Å². The van der Waals surface area contributed by atoms with Crippen molar-refractivity contribution in [1.82, 2.24) is 15.1 Å². The van der Waals surface area contributed by atoms with Crippen LogP contribution in [0.1, 0.15) is 39.9 Å². The van der Waals surface area contributed by atoms with Gasteiger partial charge in [-0.05, 0) is 42.5 Å². The number of carbonyl (C=O) groups excluding carboxylic acids is 2. The fourth-order valence-electron chi connectivity index (χ4n) is 4.44. The minimum atomic E-state index is -0.0310. The number of nitrogens with one attached hydrogen (secondary N) is 1. The molecule has 2 aliphatic heterocycles. The normalized spacial score (nSPS) is 17.8. The summed E-state index contributed by atoms with van der Waals surface area (Å²) >= 11 is 0. The van der Waals surface area contributed by atoms with Crippen LogP contribution in [0.25, 0.3) is 0 Å². The van der Waals surface area contributed by atoms with Crippen LogP contribution in [0.15, 0.2) is 48.5 Å². The molecule has 2 aliphatic rings. The summed E-state index contributed by atoms with van der Waals surface area (Å²) in [6, 6.07) is 16.2. The number of benzene rings is 2. The summed E-state index contributed by atoms with van der Waals surface area (Å²) in [5.74, 6) is 0.126. The van der Waals surface area contributed by atoms with Gasteiger partial charge in [0.05, 0.1) is 13.2 Å². The van der Waals surface area contributed by atoms with Gasteiger partial charge in [0.25, 0.3) is 5.91 Å². The first-order chi connectivity index (χ1) is 15.6. The van der Waals surface area contributed by atoms with Gasteiger partial charge in [-0.1, -0.05) is 42.5 Å². The maximum atomic E-state index is 12.8. The minimum absolute atomic E-state index is 0.0310. The zero-order valence-corrected chi connectivity index (χ0v) is 18.9. The third kappa shape index (κ3) is 5.75. The largest absolute Gasteiger partial charge is 0.379 e. The summed E-state index contributed by atoms with van der Waals surface area (Å²) < 4.78 is 5.40. The van der Waals surface area contributed by atoms with E-state index in [0.717, 1.165) is 49.5 Å². The number of likely N-dealkylation sites (tertiary alicyclic amines) is 1. The van der Waals surface area contributed by atoms with E-state index in [1.54, 1.807) is 0 Å². The lowest BCUT2D eigenvalue weighted by Crippen LogP contribution is -2.43. The van der Waals surface area contributed by atoms with Crippen LogP contribution in [-0.4, -0.2) is 61.0 Å². The first-order valence-corrected chi connectivity index (χ1v) is 11.6. The van der Waals surface area contributed by atoms with E-state index in [4.69, 9.17) is 4.74 Å². The number of hydrogen-bond acceptors (Lipinski definition) is 4. The predicted octanol–water partition coefficient (Wildman–Crippen LogP) is 3.00. The molecule has 6 nitrogen and oxygen atoms in total. The molecule has 0 spiro atoms. The van der Waals surface area contributed by atoms with Gasteiger partial charge in [-0.25, -0.2) is 0 Å². The minimum Gasteiger partial charge on any atom is -0.379 e. The summed E-state index contributed by atoms with van der Waals surface area (Å²) in [4.78, 5) is 29.7. The first kappa shape index (κ1) is 22.5. The van der Waals surface area contributed by atoms with Crippen molar-refractivity contribution < 1.29 is 14.3 Å². The van der Waals surface area contributed by atoms with Crippen LogP contribution in [0, 0.1) is 12.8 Å². The molecule has 2 heterocycles. The number of piperidine rings is 1. The van der Waals surface area contributed by atoms with Crippen LogP contribution < -0.4 is 5.32 Å². The molecule has 4 rings (SSSR count). The Bertz CT molecular complexity index is 914. The molecule has 0 atom stereocenters. The number of ether oxygens (including phenoxy) is 1. The Kier molecular flexibility index (Phi) is 7.55. The molecule has 2 aromatic carbocycles. The highest BCUT2D eigenvalue weighted by Crippen LogP contribution is 2.21. The average molecular weight is 436 g/mol. The Morgan fingerprint density at radius 3 is 2.28 bits per heavy atom. The van der Waals surface area contributed by atoms with Crippen molar-refractivity contribution >= 4 is 11.8 Å². The van der Waals surface area contributed by atoms with E-state index >= 15 is 0 Å². The maximum absolute atomic E-state index is 12.8. The number of aryl methyl sites for hydroxylation is 1. The summed E-state index contributed by atoms with van der Waals surface area (Å²) in [7, 11) is 0. The molecule has 0 aliphatic carbocycles. The van der Waals surface area contributed by atoms with E-state index in [1.165, 1.54) is 5.56 Å². The van der Waals surface area contributed by atoms with Gasteiger partial charge in [0, 0.05) is 50.7 Å². The van der Waals surface area contributed by atoms with E-state index in [0.29, 0.717) is 32.5 Å². The van der Waals surface area contributed by atoms with Crippen molar-refractivity contribution in [2.24, 2.45) is 5.92 Å².